The summed E-state index contributed by atoms with van der Waals surface area (Å²) in [5.74, 6) is -0.554. The maximum atomic E-state index is 10.7. The van der Waals surface area contributed by atoms with Crippen molar-refractivity contribution in [2.45, 2.75) is 24.6 Å². The molecule has 0 rings (SSSR count). The average Bonchev–Trinajstić information content (AvgIpc) is 2.14. The van der Waals surface area contributed by atoms with Crippen LogP contribution in [-0.2, 0) is 9.59 Å². The van der Waals surface area contributed by atoms with E-state index in [1.54, 1.807) is 0 Å². The summed E-state index contributed by atoms with van der Waals surface area (Å²) in [4.78, 5) is 21.4. The minimum Gasteiger partial charge on any atom is -0.393 e. The van der Waals surface area contributed by atoms with Crippen molar-refractivity contribution >= 4 is 23.6 Å². The van der Waals surface area contributed by atoms with Gasteiger partial charge in [-0.3, -0.25) is 9.59 Å². The number of hydrogen-bond acceptors (Lipinski definition) is 5. The molecular formula is C8H16N2O4S. The highest BCUT2D eigenvalue weighted by Gasteiger charge is 2.17. The Labute approximate surface area is 92.4 Å². The Morgan fingerprint density at radius 2 is 1.40 bits per heavy atom. The smallest absolute Gasteiger partial charge is 0.217 e. The highest BCUT2D eigenvalue weighted by Crippen LogP contribution is 2.13. The van der Waals surface area contributed by atoms with E-state index in [9.17, 15) is 9.59 Å². The van der Waals surface area contributed by atoms with Crippen LogP contribution in [-0.4, -0.2) is 46.0 Å². The van der Waals surface area contributed by atoms with Gasteiger partial charge in [-0.15, -0.1) is 11.8 Å². The largest absolute Gasteiger partial charge is 0.393 e. The van der Waals surface area contributed by atoms with Crippen molar-refractivity contribution in [3.63, 3.8) is 0 Å². The summed E-state index contributed by atoms with van der Waals surface area (Å²) >= 11 is 1.08. The summed E-state index contributed by atoms with van der Waals surface area (Å²) in [6.07, 6.45) is 0. The SMILES string of the molecule is CC(=O)NC(CO)SC(CO)NC(C)=O. The summed E-state index contributed by atoms with van der Waals surface area (Å²) in [7, 11) is 0. The van der Waals surface area contributed by atoms with Gasteiger partial charge in [-0.25, -0.2) is 0 Å². The van der Waals surface area contributed by atoms with E-state index < -0.39 is 10.7 Å². The van der Waals surface area contributed by atoms with Gasteiger partial charge in [0.1, 0.15) is 0 Å². The van der Waals surface area contributed by atoms with E-state index in [2.05, 4.69) is 10.6 Å². The van der Waals surface area contributed by atoms with Gasteiger partial charge in [0, 0.05) is 13.8 Å². The Hall–Kier alpha value is -0.790. The normalized spacial score (nSPS) is 14.1. The molecule has 0 saturated carbocycles. The van der Waals surface area contributed by atoms with Crippen molar-refractivity contribution in [2.24, 2.45) is 0 Å². The van der Waals surface area contributed by atoms with E-state index in [1.807, 2.05) is 0 Å². The van der Waals surface area contributed by atoms with Gasteiger partial charge in [0.05, 0.1) is 24.0 Å². The van der Waals surface area contributed by atoms with E-state index in [0.29, 0.717) is 0 Å². The summed E-state index contributed by atoms with van der Waals surface area (Å²) in [5, 5.41) is 21.7. The number of carbonyl (C=O) groups is 2. The Morgan fingerprint density at radius 3 is 1.60 bits per heavy atom. The van der Waals surface area contributed by atoms with Crippen molar-refractivity contribution in [3.05, 3.63) is 0 Å². The van der Waals surface area contributed by atoms with Crippen LogP contribution >= 0.6 is 11.8 Å². The molecule has 2 amide bonds. The third-order valence-electron chi connectivity index (χ3n) is 1.39. The summed E-state index contributed by atoms with van der Waals surface area (Å²) in [5.41, 5.74) is 0. The molecule has 88 valence electrons. The van der Waals surface area contributed by atoms with Crippen LogP contribution in [0.25, 0.3) is 0 Å². The van der Waals surface area contributed by atoms with E-state index in [-0.39, 0.29) is 25.0 Å². The Bertz CT molecular complexity index is 203. The minimum absolute atomic E-state index is 0.264. The molecule has 0 aliphatic carbocycles. The van der Waals surface area contributed by atoms with Crippen LogP contribution in [0.15, 0.2) is 0 Å². The molecule has 0 aliphatic rings. The molecule has 15 heavy (non-hydrogen) atoms. The third kappa shape index (κ3) is 7.18. The molecule has 0 aromatic rings. The lowest BCUT2D eigenvalue weighted by molar-refractivity contribution is -0.120. The first-order valence-corrected chi connectivity index (χ1v) is 5.35. The van der Waals surface area contributed by atoms with Gasteiger partial charge in [-0.2, -0.15) is 0 Å². The maximum absolute atomic E-state index is 10.7. The van der Waals surface area contributed by atoms with E-state index in [1.165, 1.54) is 13.8 Å². The van der Waals surface area contributed by atoms with Crippen molar-refractivity contribution in [3.8, 4) is 0 Å². The molecule has 0 aliphatic heterocycles. The Morgan fingerprint density at radius 1 is 1.07 bits per heavy atom. The van der Waals surface area contributed by atoms with Crippen LogP contribution in [0.5, 0.6) is 0 Å². The van der Waals surface area contributed by atoms with Gasteiger partial charge in [0.15, 0.2) is 0 Å². The molecule has 4 N–H and O–H groups in total. The van der Waals surface area contributed by atoms with Crippen molar-refractivity contribution in [1.29, 1.82) is 0 Å². The van der Waals surface area contributed by atoms with Crippen LogP contribution in [0, 0.1) is 0 Å². The van der Waals surface area contributed by atoms with Gasteiger partial charge < -0.3 is 20.8 Å². The van der Waals surface area contributed by atoms with Crippen LogP contribution in [0.4, 0.5) is 0 Å². The molecule has 7 heteroatoms. The van der Waals surface area contributed by atoms with Crippen LogP contribution in [0.2, 0.25) is 0 Å². The molecule has 0 bridgehead atoms. The molecule has 0 aromatic heterocycles. The highest BCUT2D eigenvalue weighted by molar-refractivity contribution is 8.00. The third-order valence-corrected chi connectivity index (χ3v) is 2.58. The molecule has 0 fully saturated rings. The van der Waals surface area contributed by atoms with Gasteiger partial charge in [-0.05, 0) is 0 Å². The Kier molecular flexibility index (Phi) is 7.10. The predicted octanol–water partition coefficient (Wildman–Crippen LogP) is -1.37. The fourth-order valence-corrected chi connectivity index (χ4v) is 1.93. The second-order valence-corrected chi connectivity index (χ2v) is 4.29. The number of aliphatic hydroxyl groups excluding tert-OH is 2. The Balaban J connectivity index is 4.10. The lowest BCUT2D eigenvalue weighted by Crippen LogP contribution is -2.40. The van der Waals surface area contributed by atoms with Crippen LogP contribution in [0.1, 0.15) is 13.8 Å². The van der Waals surface area contributed by atoms with Gasteiger partial charge in [0.2, 0.25) is 11.8 Å². The fraction of sp³-hybridized carbons (Fsp3) is 0.750. The zero-order valence-electron chi connectivity index (χ0n) is 8.69. The standard InChI is InChI=1S/C8H16N2O4S/c1-5(13)9-7(3-11)15-8(4-12)10-6(2)14/h7-8,11-12H,3-4H2,1-2H3,(H,9,13)(H,10,14). The second-order valence-electron chi connectivity index (χ2n) is 2.88. The molecule has 0 heterocycles. The number of thioether (sulfide) groups is 1. The molecule has 2 unspecified atom stereocenters. The topological polar surface area (TPSA) is 98.7 Å². The number of rotatable bonds is 6. The average molecular weight is 236 g/mol. The zero-order valence-corrected chi connectivity index (χ0v) is 9.50. The molecular weight excluding hydrogens is 220 g/mol. The molecule has 0 saturated heterocycles. The first kappa shape index (κ1) is 14.2. The van der Waals surface area contributed by atoms with Crippen molar-refractivity contribution < 1.29 is 19.8 Å². The van der Waals surface area contributed by atoms with Gasteiger partial charge >= 0.3 is 0 Å². The highest BCUT2D eigenvalue weighted by atomic mass is 32.2. The number of nitrogens with one attached hydrogen (secondary N) is 2. The fourth-order valence-electron chi connectivity index (χ4n) is 0.897. The summed E-state index contributed by atoms with van der Waals surface area (Å²) < 4.78 is 0. The second kappa shape index (κ2) is 7.49. The molecule has 6 nitrogen and oxygen atoms in total. The lowest BCUT2D eigenvalue weighted by Gasteiger charge is -2.21. The maximum Gasteiger partial charge on any atom is 0.217 e. The van der Waals surface area contributed by atoms with E-state index in [4.69, 9.17) is 10.2 Å². The summed E-state index contributed by atoms with van der Waals surface area (Å²) in [6, 6.07) is 0. The number of amides is 2. The van der Waals surface area contributed by atoms with E-state index >= 15 is 0 Å². The number of hydrogen-bond donors (Lipinski definition) is 4. The van der Waals surface area contributed by atoms with Crippen molar-refractivity contribution in [1.82, 2.24) is 10.6 Å². The van der Waals surface area contributed by atoms with Gasteiger partial charge in [-0.1, -0.05) is 0 Å². The van der Waals surface area contributed by atoms with Gasteiger partial charge in [0.25, 0.3) is 0 Å². The quantitative estimate of drug-likeness (QED) is 0.426. The zero-order chi connectivity index (χ0) is 11.8. The predicted molar refractivity (Wildman–Crippen MR) is 57.0 cm³/mol. The number of carbonyl (C=O) groups excluding carboxylic acids is 2. The molecule has 0 aromatic carbocycles. The lowest BCUT2D eigenvalue weighted by atomic mass is 10.6. The molecule has 0 spiro atoms. The number of aliphatic hydroxyl groups is 2. The minimum atomic E-state index is -0.536. The van der Waals surface area contributed by atoms with Crippen LogP contribution in [0.3, 0.4) is 0 Å². The molecule has 2 atom stereocenters. The first-order chi connectivity index (χ1) is 6.99. The monoisotopic (exact) mass is 236 g/mol. The van der Waals surface area contributed by atoms with E-state index in [0.717, 1.165) is 11.8 Å². The molecule has 0 radical (unpaired) electrons. The van der Waals surface area contributed by atoms with Crippen LogP contribution < -0.4 is 10.6 Å². The van der Waals surface area contributed by atoms with Crippen molar-refractivity contribution in [2.75, 3.05) is 13.2 Å². The summed E-state index contributed by atoms with van der Waals surface area (Å²) in [6.45, 7) is 2.13. The first-order valence-electron chi connectivity index (χ1n) is 4.41.